The monoisotopic (exact) mass is 307 g/mol. The number of carbonyl (C=O) groups is 1. The van der Waals surface area contributed by atoms with Crippen LogP contribution in [0.25, 0.3) is 11.2 Å². The van der Waals surface area contributed by atoms with Crippen molar-refractivity contribution in [3.63, 3.8) is 0 Å². The van der Waals surface area contributed by atoms with Crippen LogP contribution in [0.15, 0.2) is 6.33 Å². The maximum atomic E-state index is 11.4. The SMILES string of the molecule is CC(C)(C)OC(=O)NCCCNc1nc(N)c2[nH]cnc2n1. The number of H-pyrrole nitrogens is 1. The molecule has 2 aromatic heterocycles. The highest BCUT2D eigenvalue weighted by Crippen LogP contribution is 2.14. The van der Waals surface area contributed by atoms with Gasteiger partial charge in [-0.05, 0) is 27.2 Å². The van der Waals surface area contributed by atoms with Gasteiger partial charge in [0.05, 0.1) is 6.33 Å². The number of imidazole rings is 1. The van der Waals surface area contributed by atoms with Gasteiger partial charge in [0, 0.05) is 13.1 Å². The van der Waals surface area contributed by atoms with E-state index in [-0.39, 0.29) is 0 Å². The van der Waals surface area contributed by atoms with Crippen LogP contribution < -0.4 is 16.4 Å². The molecule has 9 nitrogen and oxygen atoms in total. The second-order valence-corrected chi connectivity index (χ2v) is 5.74. The first-order valence-electron chi connectivity index (χ1n) is 7.02. The predicted molar refractivity (Wildman–Crippen MR) is 83.4 cm³/mol. The van der Waals surface area contributed by atoms with Gasteiger partial charge in [0.2, 0.25) is 5.95 Å². The number of anilines is 2. The number of ether oxygens (including phenoxy) is 1. The van der Waals surface area contributed by atoms with E-state index in [0.717, 1.165) is 0 Å². The van der Waals surface area contributed by atoms with Gasteiger partial charge >= 0.3 is 6.09 Å². The number of fused-ring (bicyclic) bond motifs is 1. The molecule has 22 heavy (non-hydrogen) atoms. The van der Waals surface area contributed by atoms with Gasteiger partial charge in [-0.3, -0.25) is 0 Å². The van der Waals surface area contributed by atoms with Gasteiger partial charge in [0.15, 0.2) is 11.5 Å². The number of nitrogens with one attached hydrogen (secondary N) is 3. The maximum absolute atomic E-state index is 11.4. The zero-order chi connectivity index (χ0) is 16.2. The molecule has 2 heterocycles. The number of hydrogen-bond donors (Lipinski definition) is 4. The summed E-state index contributed by atoms with van der Waals surface area (Å²) in [7, 11) is 0. The van der Waals surface area contributed by atoms with Gasteiger partial charge in [-0.2, -0.15) is 9.97 Å². The Bertz CT molecular complexity index is 647. The normalized spacial score (nSPS) is 11.4. The molecule has 0 aliphatic carbocycles. The van der Waals surface area contributed by atoms with Crippen molar-refractivity contribution in [1.29, 1.82) is 0 Å². The summed E-state index contributed by atoms with van der Waals surface area (Å²) in [5.41, 5.74) is 6.44. The summed E-state index contributed by atoms with van der Waals surface area (Å²) in [4.78, 5) is 26.7. The summed E-state index contributed by atoms with van der Waals surface area (Å²) in [5.74, 6) is 0.756. The Labute approximate surface area is 128 Å². The number of hydrogen-bond acceptors (Lipinski definition) is 7. The summed E-state index contributed by atoms with van der Waals surface area (Å²) < 4.78 is 5.13. The molecule has 120 valence electrons. The van der Waals surface area contributed by atoms with Gasteiger partial charge in [-0.25, -0.2) is 9.78 Å². The van der Waals surface area contributed by atoms with E-state index in [1.54, 1.807) is 0 Å². The number of rotatable bonds is 5. The summed E-state index contributed by atoms with van der Waals surface area (Å²) >= 11 is 0. The molecule has 0 saturated carbocycles. The smallest absolute Gasteiger partial charge is 0.407 e. The van der Waals surface area contributed by atoms with Crippen LogP contribution in [0.1, 0.15) is 27.2 Å². The average Bonchev–Trinajstić information content (AvgIpc) is 2.85. The van der Waals surface area contributed by atoms with E-state index in [1.807, 2.05) is 20.8 Å². The summed E-state index contributed by atoms with van der Waals surface area (Å²) in [5, 5.41) is 5.72. The van der Waals surface area contributed by atoms with Crippen molar-refractivity contribution in [2.75, 3.05) is 24.1 Å². The first kappa shape index (κ1) is 15.8. The Morgan fingerprint density at radius 2 is 2.14 bits per heavy atom. The molecule has 5 N–H and O–H groups in total. The van der Waals surface area contributed by atoms with E-state index in [0.29, 0.717) is 42.4 Å². The van der Waals surface area contributed by atoms with Gasteiger partial charge < -0.3 is 26.1 Å². The Kier molecular flexibility index (Phi) is 4.64. The van der Waals surface area contributed by atoms with Crippen LogP contribution in [0.5, 0.6) is 0 Å². The van der Waals surface area contributed by atoms with Crippen molar-refractivity contribution in [2.24, 2.45) is 0 Å². The fourth-order valence-electron chi connectivity index (χ4n) is 1.73. The molecular formula is C13H21N7O2. The highest BCUT2D eigenvalue weighted by molar-refractivity contribution is 5.82. The first-order valence-corrected chi connectivity index (χ1v) is 7.02. The van der Waals surface area contributed by atoms with Crippen molar-refractivity contribution < 1.29 is 9.53 Å². The quantitative estimate of drug-likeness (QED) is 0.611. The van der Waals surface area contributed by atoms with Crippen LogP contribution in [0, 0.1) is 0 Å². The van der Waals surface area contributed by atoms with Crippen LogP contribution in [0.4, 0.5) is 16.6 Å². The summed E-state index contributed by atoms with van der Waals surface area (Å²) in [6, 6.07) is 0. The molecule has 0 radical (unpaired) electrons. The Balaban J connectivity index is 1.73. The number of amides is 1. The molecule has 0 bridgehead atoms. The predicted octanol–water partition coefficient (Wildman–Crippen LogP) is 1.26. The van der Waals surface area contributed by atoms with E-state index in [2.05, 4.69) is 30.6 Å². The number of alkyl carbamates (subject to hydrolysis) is 1. The zero-order valence-corrected chi connectivity index (χ0v) is 12.9. The van der Waals surface area contributed by atoms with Gasteiger partial charge in [-0.1, -0.05) is 0 Å². The van der Waals surface area contributed by atoms with Gasteiger partial charge in [0.25, 0.3) is 0 Å². The standard InChI is InChI=1S/C13H21N7O2/c1-13(2,3)22-12(21)16-6-4-5-15-11-19-9(14)8-10(20-11)18-7-17-8/h7H,4-6H2,1-3H3,(H,16,21)(H4,14,15,17,18,19,20). The lowest BCUT2D eigenvalue weighted by atomic mass is 10.2. The molecule has 0 unspecified atom stereocenters. The Morgan fingerprint density at radius 3 is 2.86 bits per heavy atom. The number of aromatic amines is 1. The molecule has 0 aliphatic rings. The topological polar surface area (TPSA) is 131 Å². The van der Waals surface area contributed by atoms with Crippen molar-refractivity contribution in [2.45, 2.75) is 32.8 Å². The largest absolute Gasteiger partial charge is 0.444 e. The Hall–Kier alpha value is -2.58. The van der Waals surface area contributed by atoms with Crippen molar-refractivity contribution in [3.8, 4) is 0 Å². The second-order valence-electron chi connectivity index (χ2n) is 5.74. The van der Waals surface area contributed by atoms with E-state index in [9.17, 15) is 4.79 Å². The molecule has 0 aliphatic heterocycles. The molecular weight excluding hydrogens is 286 g/mol. The third-order valence-corrected chi connectivity index (χ3v) is 2.62. The molecule has 0 atom stereocenters. The third kappa shape index (κ3) is 4.47. The van der Waals surface area contributed by atoms with Crippen LogP contribution in [0.3, 0.4) is 0 Å². The van der Waals surface area contributed by atoms with E-state index < -0.39 is 11.7 Å². The third-order valence-electron chi connectivity index (χ3n) is 2.62. The minimum Gasteiger partial charge on any atom is -0.444 e. The van der Waals surface area contributed by atoms with Crippen molar-refractivity contribution in [3.05, 3.63) is 6.33 Å². The van der Waals surface area contributed by atoms with E-state index >= 15 is 0 Å². The molecule has 0 fully saturated rings. The summed E-state index contributed by atoms with van der Waals surface area (Å²) in [6.07, 6.45) is 1.79. The maximum Gasteiger partial charge on any atom is 0.407 e. The lowest BCUT2D eigenvalue weighted by molar-refractivity contribution is 0.0528. The van der Waals surface area contributed by atoms with Crippen LogP contribution in [-0.4, -0.2) is 44.7 Å². The minimum atomic E-state index is -0.493. The second kappa shape index (κ2) is 6.46. The number of carbonyl (C=O) groups excluding carboxylic acids is 1. The van der Waals surface area contributed by atoms with Crippen LogP contribution in [0.2, 0.25) is 0 Å². The summed E-state index contributed by atoms with van der Waals surface area (Å²) in [6.45, 7) is 6.54. The fraction of sp³-hybridized carbons (Fsp3) is 0.538. The Morgan fingerprint density at radius 1 is 1.36 bits per heavy atom. The zero-order valence-electron chi connectivity index (χ0n) is 12.9. The molecule has 2 aromatic rings. The number of nitrogens with zero attached hydrogens (tertiary/aromatic N) is 3. The van der Waals surface area contributed by atoms with Gasteiger partial charge in [-0.15, -0.1) is 0 Å². The number of nitrogen functional groups attached to an aromatic ring is 1. The molecule has 9 heteroatoms. The lowest BCUT2D eigenvalue weighted by Gasteiger charge is -2.19. The lowest BCUT2D eigenvalue weighted by Crippen LogP contribution is -2.33. The van der Waals surface area contributed by atoms with Crippen LogP contribution >= 0.6 is 0 Å². The molecule has 0 spiro atoms. The average molecular weight is 307 g/mol. The highest BCUT2D eigenvalue weighted by atomic mass is 16.6. The first-order chi connectivity index (χ1) is 10.3. The molecule has 2 rings (SSSR count). The molecule has 1 amide bonds. The highest BCUT2D eigenvalue weighted by Gasteiger charge is 2.15. The van der Waals surface area contributed by atoms with Crippen LogP contribution in [-0.2, 0) is 4.74 Å². The van der Waals surface area contributed by atoms with Gasteiger partial charge in [0.1, 0.15) is 11.1 Å². The van der Waals surface area contributed by atoms with E-state index in [4.69, 9.17) is 10.5 Å². The van der Waals surface area contributed by atoms with E-state index in [1.165, 1.54) is 6.33 Å². The number of aromatic nitrogens is 4. The van der Waals surface area contributed by atoms with Crippen molar-refractivity contribution in [1.82, 2.24) is 25.3 Å². The number of nitrogens with two attached hydrogens (primary N) is 1. The minimum absolute atomic E-state index is 0.344. The molecule has 0 aromatic carbocycles. The van der Waals surface area contributed by atoms with Crippen molar-refractivity contribution >= 4 is 29.0 Å². The fourth-order valence-corrected chi connectivity index (χ4v) is 1.73. The molecule has 0 saturated heterocycles.